The van der Waals surface area contributed by atoms with Crippen LogP contribution in [0.3, 0.4) is 0 Å². The summed E-state index contributed by atoms with van der Waals surface area (Å²) in [4.78, 5) is 0. The van der Waals surface area contributed by atoms with Gasteiger partial charge in [-0.15, -0.1) is 10.2 Å². The third-order valence-electron chi connectivity index (χ3n) is 1.29. The highest BCUT2D eigenvalue weighted by Crippen LogP contribution is 2.16. The number of rotatable bonds is 6. The summed E-state index contributed by atoms with van der Waals surface area (Å²) in [5.41, 5.74) is 0. The van der Waals surface area contributed by atoms with Gasteiger partial charge in [0.15, 0.2) is 0 Å². The van der Waals surface area contributed by atoms with Crippen molar-refractivity contribution in [2.24, 2.45) is 0 Å². The highest BCUT2D eigenvalue weighted by Gasteiger charge is 2.02. The second kappa shape index (κ2) is 5.85. The van der Waals surface area contributed by atoms with Crippen molar-refractivity contribution in [1.82, 2.24) is 15.5 Å². The van der Waals surface area contributed by atoms with Gasteiger partial charge < -0.3 is 14.8 Å². The molecule has 13 heavy (non-hydrogen) atoms. The molecule has 1 N–H and O–H groups in total. The minimum Gasteiger partial charge on any atom is -0.466 e. The van der Waals surface area contributed by atoms with Gasteiger partial charge in [-0.3, -0.25) is 0 Å². The Morgan fingerprint density at radius 1 is 1.38 bits per heavy atom. The van der Waals surface area contributed by atoms with Crippen molar-refractivity contribution in [3.05, 3.63) is 5.01 Å². The number of hydrogen-bond donors (Lipinski definition) is 1. The number of nitrogens with zero attached hydrogens (tertiary/aromatic N) is 2. The van der Waals surface area contributed by atoms with E-state index < -0.39 is 0 Å². The second-order valence-corrected chi connectivity index (χ2v) is 3.36. The predicted molar refractivity (Wildman–Crippen MR) is 50.0 cm³/mol. The quantitative estimate of drug-likeness (QED) is 0.673. The van der Waals surface area contributed by atoms with Crippen LogP contribution < -0.4 is 10.1 Å². The Kier molecular flexibility index (Phi) is 4.66. The summed E-state index contributed by atoms with van der Waals surface area (Å²) in [6.45, 7) is 1.82. The summed E-state index contributed by atoms with van der Waals surface area (Å²) in [5.74, 6) is 0. The zero-order valence-electron chi connectivity index (χ0n) is 7.74. The van der Waals surface area contributed by atoms with Crippen LogP contribution in [0.15, 0.2) is 0 Å². The largest absolute Gasteiger partial charge is 0.466 e. The average Bonchev–Trinajstić information content (AvgIpc) is 2.54. The molecule has 0 saturated heterocycles. The first-order valence-corrected chi connectivity index (χ1v) is 4.77. The summed E-state index contributed by atoms with van der Waals surface area (Å²) < 4.78 is 10.1. The van der Waals surface area contributed by atoms with Crippen LogP contribution in [0.4, 0.5) is 0 Å². The van der Waals surface area contributed by atoms with E-state index in [0.29, 0.717) is 18.4 Å². The smallest absolute Gasteiger partial charge is 0.294 e. The first kappa shape index (κ1) is 10.4. The van der Waals surface area contributed by atoms with Crippen molar-refractivity contribution in [3.63, 3.8) is 0 Å². The third kappa shape index (κ3) is 3.67. The van der Waals surface area contributed by atoms with Crippen molar-refractivity contribution in [3.8, 4) is 5.19 Å². The Bertz CT molecular complexity index is 241. The lowest BCUT2D eigenvalue weighted by molar-refractivity contribution is 0.145. The van der Waals surface area contributed by atoms with Crippen LogP contribution >= 0.6 is 11.3 Å². The predicted octanol–water partition coefficient (Wildman–Crippen LogP) is 0.283. The second-order valence-electron chi connectivity index (χ2n) is 2.33. The maximum atomic E-state index is 5.27. The summed E-state index contributed by atoms with van der Waals surface area (Å²) in [5, 5.41) is 12.3. The zero-order chi connectivity index (χ0) is 9.52. The summed E-state index contributed by atoms with van der Waals surface area (Å²) >= 11 is 1.45. The van der Waals surface area contributed by atoms with Crippen molar-refractivity contribution in [1.29, 1.82) is 0 Å². The SMILES string of the molecule is CNCc1nnc(OCCOC)s1. The molecule has 1 aromatic rings. The number of hydrogen-bond acceptors (Lipinski definition) is 6. The molecule has 1 rings (SSSR count). The minimum atomic E-state index is 0.519. The van der Waals surface area contributed by atoms with E-state index in [1.807, 2.05) is 7.05 Å². The molecule has 0 radical (unpaired) electrons. The first-order chi connectivity index (χ1) is 6.36. The lowest BCUT2D eigenvalue weighted by Crippen LogP contribution is -2.04. The Morgan fingerprint density at radius 2 is 2.23 bits per heavy atom. The van der Waals surface area contributed by atoms with E-state index in [1.54, 1.807) is 7.11 Å². The number of ether oxygens (including phenoxy) is 2. The minimum absolute atomic E-state index is 0.519. The molecule has 5 nitrogen and oxygen atoms in total. The van der Waals surface area contributed by atoms with Gasteiger partial charge in [0.05, 0.1) is 6.61 Å². The normalized spacial score (nSPS) is 10.3. The van der Waals surface area contributed by atoms with E-state index in [-0.39, 0.29) is 0 Å². The van der Waals surface area contributed by atoms with Crippen LogP contribution in [-0.2, 0) is 11.3 Å². The molecule has 6 heteroatoms. The van der Waals surface area contributed by atoms with Crippen molar-refractivity contribution in [2.75, 3.05) is 27.4 Å². The third-order valence-corrected chi connectivity index (χ3v) is 2.13. The summed E-state index contributed by atoms with van der Waals surface area (Å²) in [6.07, 6.45) is 0. The van der Waals surface area contributed by atoms with Crippen LogP contribution in [0, 0.1) is 0 Å². The van der Waals surface area contributed by atoms with E-state index in [1.165, 1.54) is 11.3 Å². The van der Waals surface area contributed by atoms with Gasteiger partial charge in [-0.05, 0) is 7.05 Å². The molecule has 0 aromatic carbocycles. The fourth-order valence-corrected chi connectivity index (χ4v) is 1.46. The molecule has 0 aliphatic rings. The molecule has 0 fully saturated rings. The highest BCUT2D eigenvalue weighted by atomic mass is 32.1. The molecule has 0 aliphatic heterocycles. The van der Waals surface area contributed by atoms with Gasteiger partial charge >= 0.3 is 0 Å². The standard InChI is InChI=1S/C7H13N3O2S/c1-8-5-6-9-10-7(13-6)12-4-3-11-2/h8H,3-5H2,1-2H3. The molecule has 0 atom stereocenters. The monoisotopic (exact) mass is 203 g/mol. The Hall–Kier alpha value is -0.720. The number of aromatic nitrogens is 2. The molecule has 1 heterocycles. The van der Waals surface area contributed by atoms with Gasteiger partial charge in [-0.25, -0.2) is 0 Å². The van der Waals surface area contributed by atoms with Crippen molar-refractivity contribution < 1.29 is 9.47 Å². The molecule has 0 bridgehead atoms. The molecule has 0 saturated carbocycles. The van der Waals surface area contributed by atoms with Crippen LogP contribution in [0.1, 0.15) is 5.01 Å². The lowest BCUT2D eigenvalue weighted by Gasteiger charge is -1.98. The topological polar surface area (TPSA) is 56.3 Å². The molecular formula is C7H13N3O2S. The van der Waals surface area contributed by atoms with Gasteiger partial charge in [0.25, 0.3) is 5.19 Å². The lowest BCUT2D eigenvalue weighted by atomic mass is 10.7. The molecule has 74 valence electrons. The fourth-order valence-electron chi connectivity index (χ4n) is 0.732. The average molecular weight is 203 g/mol. The molecule has 0 amide bonds. The van der Waals surface area contributed by atoms with Gasteiger partial charge in [-0.2, -0.15) is 0 Å². The number of methoxy groups -OCH3 is 1. The summed E-state index contributed by atoms with van der Waals surface area (Å²) in [7, 11) is 3.50. The molecule has 0 aliphatic carbocycles. The molecule has 0 spiro atoms. The van der Waals surface area contributed by atoms with E-state index in [4.69, 9.17) is 9.47 Å². The Labute approximate surface area is 81.1 Å². The highest BCUT2D eigenvalue weighted by molar-refractivity contribution is 7.13. The maximum absolute atomic E-state index is 5.27. The summed E-state index contributed by atoms with van der Waals surface area (Å²) in [6, 6.07) is 0. The first-order valence-electron chi connectivity index (χ1n) is 3.95. The Balaban J connectivity index is 2.31. The van der Waals surface area contributed by atoms with Crippen LogP contribution in [0.25, 0.3) is 0 Å². The van der Waals surface area contributed by atoms with Gasteiger partial charge in [0.1, 0.15) is 11.6 Å². The van der Waals surface area contributed by atoms with Crippen molar-refractivity contribution >= 4 is 11.3 Å². The Morgan fingerprint density at radius 3 is 2.92 bits per heavy atom. The van der Waals surface area contributed by atoms with Crippen LogP contribution in [0.5, 0.6) is 5.19 Å². The van der Waals surface area contributed by atoms with Gasteiger partial charge in [0.2, 0.25) is 0 Å². The van der Waals surface area contributed by atoms with E-state index in [0.717, 1.165) is 11.6 Å². The molecular weight excluding hydrogens is 190 g/mol. The number of nitrogens with one attached hydrogen (secondary N) is 1. The maximum Gasteiger partial charge on any atom is 0.294 e. The molecule has 1 aromatic heterocycles. The van der Waals surface area contributed by atoms with Gasteiger partial charge in [0, 0.05) is 13.7 Å². The van der Waals surface area contributed by atoms with E-state index in [2.05, 4.69) is 15.5 Å². The fraction of sp³-hybridized carbons (Fsp3) is 0.714. The van der Waals surface area contributed by atoms with Crippen LogP contribution in [0.2, 0.25) is 0 Å². The van der Waals surface area contributed by atoms with Gasteiger partial charge in [-0.1, -0.05) is 11.3 Å². The van der Waals surface area contributed by atoms with Crippen LogP contribution in [-0.4, -0.2) is 37.6 Å². The zero-order valence-corrected chi connectivity index (χ0v) is 8.56. The van der Waals surface area contributed by atoms with E-state index in [9.17, 15) is 0 Å². The van der Waals surface area contributed by atoms with Crippen molar-refractivity contribution in [2.45, 2.75) is 6.54 Å². The molecule has 0 unspecified atom stereocenters. The van der Waals surface area contributed by atoms with E-state index >= 15 is 0 Å².